The van der Waals surface area contributed by atoms with Gasteiger partial charge in [0.25, 0.3) is 5.91 Å². The van der Waals surface area contributed by atoms with Crippen molar-refractivity contribution in [3.63, 3.8) is 0 Å². The van der Waals surface area contributed by atoms with Crippen molar-refractivity contribution in [2.45, 2.75) is 12.1 Å². The second-order valence-corrected chi connectivity index (χ2v) is 5.90. The summed E-state index contributed by atoms with van der Waals surface area (Å²) in [6.07, 6.45) is -0.776. The van der Waals surface area contributed by atoms with Crippen LogP contribution < -0.4 is 4.90 Å². The summed E-state index contributed by atoms with van der Waals surface area (Å²) in [4.78, 5) is 14.9. The summed E-state index contributed by atoms with van der Waals surface area (Å²) >= 11 is 0. The van der Waals surface area contributed by atoms with Crippen LogP contribution in [-0.4, -0.2) is 11.0 Å². The molecule has 24 heavy (non-hydrogen) atoms. The Hall–Kier alpha value is -2.91. The molecule has 0 aromatic heterocycles. The zero-order valence-corrected chi connectivity index (χ0v) is 13.0. The Balaban J connectivity index is 1.93. The van der Waals surface area contributed by atoms with Gasteiger partial charge in [-0.3, -0.25) is 9.69 Å². The SMILES string of the molecule is O=C1c2ccccc2[C@@H](O)[C@H](c2ccccc2)N1c1ccccc1. The molecule has 0 saturated heterocycles. The first-order chi connectivity index (χ1) is 11.8. The number of para-hydroxylation sites is 1. The molecule has 0 saturated carbocycles. The Bertz CT molecular complexity index is 861. The number of anilines is 1. The molecule has 1 aliphatic heterocycles. The molecule has 2 atom stereocenters. The van der Waals surface area contributed by atoms with Crippen LogP contribution in [0.5, 0.6) is 0 Å². The summed E-state index contributed by atoms with van der Waals surface area (Å²) in [6, 6.07) is 26.0. The van der Waals surface area contributed by atoms with Crippen molar-refractivity contribution in [1.82, 2.24) is 0 Å². The normalized spacial score (nSPS) is 19.9. The molecule has 0 radical (unpaired) electrons. The van der Waals surface area contributed by atoms with Gasteiger partial charge < -0.3 is 5.11 Å². The van der Waals surface area contributed by atoms with E-state index in [0.717, 1.165) is 11.3 Å². The fourth-order valence-electron chi connectivity index (χ4n) is 3.37. The van der Waals surface area contributed by atoms with E-state index in [-0.39, 0.29) is 5.91 Å². The number of rotatable bonds is 2. The van der Waals surface area contributed by atoms with Gasteiger partial charge in [-0.05, 0) is 29.3 Å². The molecule has 3 nitrogen and oxygen atoms in total. The molecule has 1 heterocycles. The third-order valence-electron chi connectivity index (χ3n) is 4.48. The van der Waals surface area contributed by atoms with Crippen LogP contribution >= 0.6 is 0 Å². The maximum absolute atomic E-state index is 13.2. The maximum Gasteiger partial charge on any atom is 0.259 e. The minimum Gasteiger partial charge on any atom is -0.386 e. The Labute approximate surface area is 140 Å². The van der Waals surface area contributed by atoms with E-state index >= 15 is 0 Å². The topological polar surface area (TPSA) is 40.5 Å². The van der Waals surface area contributed by atoms with E-state index in [1.54, 1.807) is 11.0 Å². The average Bonchev–Trinajstić information content (AvgIpc) is 2.66. The van der Waals surface area contributed by atoms with E-state index < -0.39 is 12.1 Å². The van der Waals surface area contributed by atoms with Crippen molar-refractivity contribution in [2.75, 3.05) is 4.90 Å². The van der Waals surface area contributed by atoms with E-state index in [9.17, 15) is 9.90 Å². The molecule has 1 aliphatic rings. The van der Waals surface area contributed by atoms with Crippen molar-refractivity contribution in [3.05, 3.63) is 102 Å². The van der Waals surface area contributed by atoms with Crippen molar-refractivity contribution >= 4 is 11.6 Å². The Kier molecular flexibility index (Phi) is 3.63. The lowest BCUT2D eigenvalue weighted by molar-refractivity contribution is 0.0851. The highest BCUT2D eigenvalue weighted by molar-refractivity contribution is 6.09. The Morgan fingerprint density at radius 3 is 2.04 bits per heavy atom. The molecule has 0 unspecified atom stereocenters. The quantitative estimate of drug-likeness (QED) is 0.773. The van der Waals surface area contributed by atoms with Crippen LogP contribution in [0.4, 0.5) is 5.69 Å². The van der Waals surface area contributed by atoms with Crippen LogP contribution in [0.1, 0.15) is 33.6 Å². The molecular weight excluding hydrogens is 298 g/mol. The van der Waals surface area contributed by atoms with E-state index in [0.29, 0.717) is 11.1 Å². The second-order valence-electron chi connectivity index (χ2n) is 5.90. The summed E-state index contributed by atoms with van der Waals surface area (Å²) < 4.78 is 0. The van der Waals surface area contributed by atoms with Crippen LogP contribution in [0.3, 0.4) is 0 Å². The molecule has 1 amide bonds. The number of fused-ring (bicyclic) bond motifs is 1. The maximum atomic E-state index is 13.2. The number of nitrogens with zero attached hydrogens (tertiary/aromatic N) is 1. The number of carbonyl (C=O) groups is 1. The molecule has 0 aliphatic carbocycles. The highest BCUT2D eigenvalue weighted by atomic mass is 16.3. The van der Waals surface area contributed by atoms with Crippen molar-refractivity contribution < 1.29 is 9.90 Å². The van der Waals surface area contributed by atoms with E-state index in [1.165, 1.54) is 0 Å². The zero-order chi connectivity index (χ0) is 16.5. The minimum absolute atomic E-state index is 0.0871. The van der Waals surface area contributed by atoms with E-state index in [1.807, 2.05) is 78.9 Å². The first kappa shape index (κ1) is 14.7. The van der Waals surface area contributed by atoms with Crippen LogP contribution in [0, 0.1) is 0 Å². The Morgan fingerprint density at radius 2 is 1.33 bits per heavy atom. The second kappa shape index (κ2) is 5.95. The van der Waals surface area contributed by atoms with Gasteiger partial charge in [-0.1, -0.05) is 66.7 Å². The largest absolute Gasteiger partial charge is 0.386 e. The highest BCUT2D eigenvalue weighted by Crippen LogP contribution is 2.43. The molecule has 118 valence electrons. The first-order valence-corrected chi connectivity index (χ1v) is 7.98. The predicted octanol–water partition coefficient (Wildman–Crippen LogP) is 4.12. The summed E-state index contributed by atoms with van der Waals surface area (Å²) in [5, 5.41) is 11.0. The molecule has 1 N–H and O–H groups in total. The van der Waals surface area contributed by atoms with Gasteiger partial charge in [0.15, 0.2) is 0 Å². The van der Waals surface area contributed by atoms with E-state index in [4.69, 9.17) is 0 Å². The van der Waals surface area contributed by atoms with E-state index in [2.05, 4.69) is 0 Å². The van der Waals surface area contributed by atoms with Gasteiger partial charge >= 0.3 is 0 Å². The molecule has 4 rings (SSSR count). The number of aliphatic hydroxyl groups excluding tert-OH is 1. The molecule has 3 aromatic carbocycles. The number of hydrogen-bond donors (Lipinski definition) is 1. The van der Waals surface area contributed by atoms with Gasteiger partial charge in [-0.15, -0.1) is 0 Å². The first-order valence-electron chi connectivity index (χ1n) is 7.98. The van der Waals surface area contributed by atoms with Crippen LogP contribution in [0.2, 0.25) is 0 Å². The molecule has 3 aromatic rings. The smallest absolute Gasteiger partial charge is 0.259 e. The van der Waals surface area contributed by atoms with Gasteiger partial charge in [0.05, 0.1) is 6.04 Å². The number of aliphatic hydroxyl groups is 1. The number of carbonyl (C=O) groups excluding carboxylic acids is 1. The summed E-state index contributed by atoms with van der Waals surface area (Å²) in [5.74, 6) is -0.0871. The third kappa shape index (κ3) is 2.30. The van der Waals surface area contributed by atoms with Crippen molar-refractivity contribution in [1.29, 1.82) is 0 Å². The predicted molar refractivity (Wildman–Crippen MR) is 93.8 cm³/mol. The van der Waals surface area contributed by atoms with Crippen molar-refractivity contribution in [2.24, 2.45) is 0 Å². The number of amides is 1. The standard InChI is InChI=1S/C21H17NO2/c23-20-17-13-7-8-14-18(17)21(24)22(16-11-5-2-6-12-16)19(20)15-9-3-1-4-10-15/h1-14,19-20,23H/t19-,20+/m0/s1. The fourth-order valence-corrected chi connectivity index (χ4v) is 3.37. The van der Waals surface area contributed by atoms with Gasteiger partial charge in [0.2, 0.25) is 0 Å². The highest BCUT2D eigenvalue weighted by Gasteiger charge is 2.40. The lowest BCUT2D eigenvalue weighted by Gasteiger charge is -2.40. The van der Waals surface area contributed by atoms with Gasteiger partial charge in [-0.2, -0.15) is 0 Å². The molecule has 0 bridgehead atoms. The van der Waals surface area contributed by atoms with Crippen LogP contribution in [-0.2, 0) is 0 Å². The Morgan fingerprint density at radius 1 is 0.750 bits per heavy atom. The summed E-state index contributed by atoms with van der Waals surface area (Å²) in [5.41, 5.74) is 2.94. The molecule has 3 heteroatoms. The fraction of sp³-hybridized carbons (Fsp3) is 0.0952. The van der Waals surface area contributed by atoms with Crippen LogP contribution in [0.25, 0.3) is 0 Å². The third-order valence-corrected chi connectivity index (χ3v) is 4.48. The minimum atomic E-state index is -0.776. The average molecular weight is 315 g/mol. The zero-order valence-electron chi connectivity index (χ0n) is 13.0. The molecule has 0 fully saturated rings. The van der Waals surface area contributed by atoms with Crippen LogP contribution in [0.15, 0.2) is 84.9 Å². The monoisotopic (exact) mass is 315 g/mol. The summed E-state index contributed by atoms with van der Waals surface area (Å²) in [7, 11) is 0. The lowest BCUT2D eigenvalue weighted by atomic mass is 9.86. The molecular formula is C21H17NO2. The number of hydrogen-bond acceptors (Lipinski definition) is 2. The number of benzene rings is 3. The van der Waals surface area contributed by atoms with Gasteiger partial charge in [0.1, 0.15) is 6.10 Å². The van der Waals surface area contributed by atoms with Gasteiger partial charge in [-0.25, -0.2) is 0 Å². The summed E-state index contributed by atoms with van der Waals surface area (Å²) in [6.45, 7) is 0. The van der Waals surface area contributed by atoms with Gasteiger partial charge in [0, 0.05) is 11.3 Å². The molecule has 0 spiro atoms. The lowest BCUT2D eigenvalue weighted by Crippen LogP contribution is -2.42. The van der Waals surface area contributed by atoms with Crippen molar-refractivity contribution in [3.8, 4) is 0 Å².